The third-order valence-corrected chi connectivity index (χ3v) is 1.92. The molecule has 3 heteroatoms. The highest BCUT2D eigenvalue weighted by atomic mass is 32.1. The molecule has 0 aromatic carbocycles. The van der Waals surface area contributed by atoms with Crippen LogP contribution in [0.3, 0.4) is 0 Å². The summed E-state index contributed by atoms with van der Waals surface area (Å²) in [6.45, 7) is 0. The summed E-state index contributed by atoms with van der Waals surface area (Å²) in [5.74, 6) is 0. The minimum Gasteiger partial charge on any atom is -0.253 e. The van der Waals surface area contributed by atoms with Crippen molar-refractivity contribution in [2.24, 2.45) is 0 Å². The lowest BCUT2D eigenvalue weighted by molar-refractivity contribution is 1.43. The first-order valence-corrected chi connectivity index (χ1v) is 4.68. The molecule has 0 unspecified atom stereocenters. The van der Waals surface area contributed by atoms with Gasteiger partial charge >= 0.3 is 0 Å². The Hall–Kier alpha value is -0.670. The zero-order valence-corrected chi connectivity index (χ0v) is 6.94. The second kappa shape index (κ2) is 5.14. The largest absolute Gasteiger partial charge is 0.253 e. The van der Waals surface area contributed by atoms with Gasteiger partial charge in [0.2, 0.25) is 0 Å². The van der Waals surface area contributed by atoms with Crippen molar-refractivity contribution in [2.45, 2.75) is 0 Å². The molecule has 0 radical (unpaired) electrons. The normalized spacial score (nSPS) is 8.00. The van der Waals surface area contributed by atoms with Gasteiger partial charge in [-0.1, -0.05) is 12.1 Å². The Kier molecular flexibility index (Phi) is 3.82. The molecule has 52 valence electrons. The van der Waals surface area contributed by atoms with Gasteiger partial charge in [-0.05, 0) is 10.8 Å². The van der Waals surface area contributed by atoms with Crippen molar-refractivity contribution in [3.05, 3.63) is 40.0 Å². The summed E-state index contributed by atoms with van der Waals surface area (Å²) in [4.78, 5) is 3.74. The average molecular weight is 169 g/mol. The van der Waals surface area contributed by atoms with Crippen molar-refractivity contribution >= 4 is 22.7 Å². The molecule has 0 aliphatic heterocycles. The third kappa shape index (κ3) is 3.37. The van der Waals surface area contributed by atoms with Gasteiger partial charge in [-0.15, -0.1) is 11.3 Å². The van der Waals surface area contributed by atoms with Crippen LogP contribution in [-0.2, 0) is 0 Å². The van der Waals surface area contributed by atoms with Crippen molar-refractivity contribution in [2.75, 3.05) is 0 Å². The summed E-state index contributed by atoms with van der Waals surface area (Å²) in [7, 11) is 0. The molecule has 1 nitrogen and oxygen atoms in total. The molecular weight excluding hydrogens is 162 g/mol. The molecule has 0 aliphatic carbocycles. The Morgan fingerprint density at radius 1 is 0.900 bits per heavy atom. The number of hydrogen-bond acceptors (Lipinski definition) is 3. The molecule has 0 bridgehead atoms. The van der Waals surface area contributed by atoms with Gasteiger partial charge in [0, 0.05) is 11.6 Å². The van der Waals surface area contributed by atoms with Crippen LogP contribution >= 0.6 is 22.7 Å². The van der Waals surface area contributed by atoms with Gasteiger partial charge in [-0.2, -0.15) is 11.3 Å². The SMILES string of the molecule is c1ccsc1.c1cscn1. The molecule has 0 fully saturated rings. The summed E-state index contributed by atoms with van der Waals surface area (Å²) < 4.78 is 0. The molecule has 0 aliphatic rings. The van der Waals surface area contributed by atoms with Gasteiger partial charge in [0.1, 0.15) is 0 Å². The number of rotatable bonds is 0. The van der Waals surface area contributed by atoms with E-state index in [4.69, 9.17) is 0 Å². The van der Waals surface area contributed by atoms with Crippen molar-refractivity contribution in [3.8, 4) is 0 Å². The lowest BCUT2D eigenvalue weighted by atomic mass is 10.7. The van der Waals surface area contributed by atoms with Crippen LogP contribution in [-0.4, -0.2) is 4.98 Å². The highest BCUT2D eigenvalue weighted by Crippen LogP contribution is 1.91. The maximum atomic E-state index is 3.74. The number of thiazole rings is 1. The highest BCUT2D eigenvalue weighted by molar-refractivity contribution is 7.07. The molecule has 0 saturated carbocycles. The Morgan fingerprint density at radius 2 is 1.70 bits per heavy atom. The van der Waals surface area contributed by atoms with Gasteiger partial charge in [-0.25, -0.2) is 0 Å². The van der Waals surface area contributed by atoms with Crippen LogP contribution in [0.5, 0.6) is 0 Å². The average Bonchev–Trinajstić information content (AvgIpc) is 2.67. The Balaban J connectivity index is 0.0000001000. The van der Waals surface area contributed by atoms with E-state index in [9.17, 15) is 0 Å². The second-order valence-electron chi connectivity index (χ2n) is 1.47. The van der Waals surface area contributed by atoms with E-state index in [-0.39, 0.29) is 0 Å². The molecule has 0 amide bonds. The Morgan fingerprint density at radius 3 is 1.90 bits per heavy atom. The zero-order valence-electron chi connectivity index (χ0n) is 5.31. The van der Waals surface area contributed by atoms with E-state index < -0.39 is 0 Å². The van der Waals surface area contributed by atoms with E-state index in [0.717, 1.165) is 0 Å². The molecule has 2 rings (SSSR count). The van der Waals surface area contributed by atoms with Crippen LogP contribution in [0.4, 0.5) is 0 Å². The van der Waals surface area contributed by atoms with Crippen molar-refractivity contribution in [1.29, 1.82) is 0 Å². The monoisotopic (exact) mass is 169 g/mol. The van der Waals surface area contributed by atoms with Crippen molar-refractivity contribution in [1.82, 2.24) is 4.98 Å². The number of hydrogen-bond donors (Lipinski definition) is 0. The quantitative estimate of drug-likeness (QED) is 0.591. The number of thiophene rings is 1. The highest BCUT2D eigenvalue weighted by Gasteiger charge is 1.59. The standard InChI is InChI=1S/C4H4S.C3H3NS/c1-2-4-5-3-1;1-2-5-3-4-1/h1-4H;1-3H. The van der Waals surface area contributed by atoms with Crippen LogP contribution in [0.15, 0.2) is 40.0 Å². The topological polar surface area (TPSA) is 12.9 Å². The fraction of sp³-hybridized carbons (Fsp3) is 0. The van der Waals surface area contributed by atoms with Crippen LogP contribution in [0.25, 0.3) is 0 Å². The molecule has 2 aromatic heterocycles. The van der Waals surface area contributed by atoms with Crippen LogP contribution in [0.1, 0.15) is 0 Å². The van der Waals surface area contributed by atoms with Crippen molar-refractivity contribution in [3.63, 3.8) is 0 Å². The molecule has 0 spiro atoms. The lowest BCUT2D eigenvalue weighted by Crippen LogP contribution is -1.38. The van der Waals surface area contributed by atoms with E-state index in [1.807, 2.05) is 28.3 Å². The summed E-state index contributed by atoms with van der Waals surface area (Å²) in [5, 5.41) is 6.01. The van der Waals surface area contributed by atoms with E-state index in [2.05, 4.69) is 4.98 Å². The first kappa shape index (κ1) is 7.44. The summed E-state index contributed by atoms with van der Waals surface area (Å²) in [5.41, 5.74) is 1.79. The fourth-order valence-corrected chi connectivity index (χ4v) is 1.21. The maximum Gasteiger partial charge on any atom is 0.0791 e. The molecule has 0 N–H and O–H groups in total. The molecule has 0 atom stereocenters. The summed E-state index contributed by atoms with van der Waals surface area (Å²) >= 11 is 3.31. The molecule has 2 heterocycles. The fourth-order valence-electron chi connectivity index (χ4n) is 0.402. The minimum absolute atomic E-state index is 1.60. The van der Waals surface area contributed by atoms with Crippen LogP contribution < -0.4 is 0 Å². The molecule has 2 aromatic rings. The molecule has 10 heavy (non-hydrogen) atoms. The summed E-state index contributed by atoms with van der Waals surface area (Å²) in [6, 6.07) is 4.04. The van der Waals surface area contributed by atoms with Crippen molar-refractivity contribution < 1.29 is 0 Å². The number of nitrogens with zero attached hydrogens (tertiary/aromatic N) is 1. The predicted molar refractivity (Wildman–Crippen MR) is 46.4 cm³/mol. The van der Waals surface area contributed by atoms with E-state index in [1.54, 1.807) is 34.4 Å². The van der Waals surface area contributed by atoms with Crippen LogP contribution in [0.2, 0.25) is 0 Å². The molecular formula is C7H7NS2. The first-order valence-electron chi connectivity index (χ1n) is 2.79. The second-order valence-corrected chi connectivity index (χ2v) is 3.04. The van der Waals surface area contributed by atoms with Gasteiger partial charge in [0.25, 0.3) is 0 Å². The predicted octanol–water partition coefficient (Wildman–Crippen LogP) is 2.89. The first-order chi connectivity index (χ1) is 5.00. The van der Waals surface area contributed by atoms with Gasteiger partial charge < -0.3 is 0 Å². The van der Waals surface area contributed by atoms with Gasteiger partial charge in [0.05, 0.1) is 5.51 Å². The molecule has 0 saturated heterocycles. The number of aromatic nitrogens is 1. The third-order valence-electron chi connectivity index (χ3n) is 0.773. The Labute approximate surface area is 68.0 Å². The van der Waals surface area contributed by atoms with Gasteiger partial charge in [-0.3, -0.25) is 4.98 Å². The summed E-state index contributed by atoms with van der Waals surface area (Å²) in [6.07, 6.45) is 1.77. The Bertz CT molecular complexity index is 151. The maximum absolute atomic E-state index is 3.74. The van der Waals surface area contributed by atoms with E-state index in [1.165, 1.54) is 0 Å². The smallest absolute Gasteiger partial charge is 0.0791 e. The van der Waals surface area contributed by atoms with Gasteiger partial charge in [0.15, 0.2) is 0 Å². The zero-order chi connectivity index (χ0) is 7.07. The van der Waals surface area contributed by atoms with E-state index >= 15 is 0 Å². The van der Waals surface area contributed by atoms with E-state index in [0.29, 0.717) is 0 Å². The lowest BCUT2D eigenvalue weighted by Gasteiger charge is -1.41. The van der Waals surface area contributed by atoms with Crippen LogP contribution in [0, 0.1) is 0 Å². The minimum atomic E-state index is 1.60.